The van der Waals surface area contributed by atoms with Gasteiger partial charge in [0.05, 0.1) is 20.2 Å². The highest BCUT2D eigenvalue weighted by Gasteiger charge is 2.09. The summed E-state index contributed by atoms with van der Waals surface area (Å²) in [5.74, 6) is 1.42. The van der Waals surface area contributed by atoms with Crippen molar-refractivity contribution in [3.63, 3.8) is 0 Å². The second kappa shape index (κ2) is 11.2. The van der Waals surface area contributed by atoms with E-state index in [9.17, 15) is 4.79 Å². The van der Waals surface area contributed by atoms with Crippen LogP contribution in [-0.2, 0) is 24.2 Å². The van der Waals surface area contributed by atoms with Gasteiger partial charge in [-0.05, 0) is 41.7 Å². The lowest BCUT2D eigenvalue weighted by Gasteiger charge is -2.15. The number of aromatic nitrogens is 1. The van der Waals surface area contributed by atoms with E-state index < -0.39 is 0 Å². The Labute approximate surface area is 189 Å². The van der Waals surface area contributed by atoms with Crippen LogP contribution in [0.1, 0.15) is 23.6 Å². The van der Waals surface area contributed by atoms with Gasteiger partial charge in [0.1, 0.15) is 5.75 Å². The highest BCUT2D eigenvalue weighted by atomic mass is 16.5. The van der Waals surface area contributed by atoms with Crippen LogP contribution in [0.2, 0.25) is 0 Å². The van der Waals surface area contributed by atoms with Crippen LogP contribution in [0.3, 0.4) is 0 Å². The topological polar surface area (TPSA) is 81.8 Å². The molecule has 2 aromatic carbocycles. The summed E-state index contributed by atoms with van der Waals surface area (Å²) < 4.78 is 5.21. The SMILES string of the molecule is CCc1cccc2c(CCNC(=NCc3ccc(OC)cc3)NCC(=O)N(C)C)c[nH]c12. The van der Waals surface area contributed by atoms with Gasteiger partial charge in [-0.25, -0.2) is 4.99 Å². The van der Waals surface area contributed by atoms with E-state index >= 15 is 0 Å². The monoisotopic (exact) mass is 435 g/mol. The summed E-state index contributed by atoms with van der Waals surface area (Å²) in [6, 6.07) is 14.3. The van der Waals surface area contributed by atoms with Gasteiger partial charge in [0.25, 0.3) is 0 Å². The van der Waals surface area contributed by atoms with E-state index in [1.807, 2.05) is 24.3 Å². The van der Waals surface area contributed by atoms with Crippen LogP contribution in [0.15, 0.2) is 53.7 Å². The third kappa shape index (κ3) is 6.03. The molecule has 3 rings (SSSR count). The van der Waals surface area contributed by atoms with Gasteiger partial charge in [0, 0.05) is 37.7 Å². The fourth-order valence-electron chi connectivity index (χ4n) is 3.49. The number of hydrogen-bond donors (Lipinski definition) is 3. The van der Waals surface area contributed by atoms with E-state index in [4.69, 9.17) is 4.74 Å². The summed E-state index contributed by atoms with van der Waals surface area (Å²) in [6.45, 7) is 3.56. The maximum atomic E-state index is 12.0. The molecule has 0 bridgehead atoms. The normalized spacial score (nSPS) is 11.4. The van der Waals surface area contributed by atoms with Gasteiger partial charge in [-0.15, -0.1) is 0 Å². The van der Waals surface area contributed by atoms with Gasteiger partial charge in [-0.2, -0.15) is 0 Å². The number of carbonyl (C=O) groups is 1. The Morgan fingerprint density at radius 2 is 1.88 bits per heavy atom. The summed E-state index contributed by atoms with van der Waals surface area (Å²) in [5.41, 5.74) is 4.87. The molecule has 1 aromatic heterocycles. The number of aryl methyl sites for hydroxylation is 1. The van der Waals surface area contributed by atoms with Crippen molar-refractivity contribution in [2.24, 2.45) is 4.99 Å². The molecule has 0 aliphatic heterocycles. The van der Waals surface area contributed by atoms with Crippen molar-refractivity contribution in [2.75, 3.05) is 34.3 Å². The number of likely N-dealkylation sites (N-methyl/N-ethyl adjacent to an activating group) is 1. The van der Waals surface area contributed by atoms with Crippen LogP contribution in [0.5, 0.6) is 5.75 Å². The van der Waals surface area contributed by atoms with Gasteiger partial charge in [-0.1, -0.05) is 37.3 Å². The number of fused-ring (bicyclic) bond motifs is 1. The second-order valence-electron chi connectivity index (χ2n) is 7.84. The lowest BCUT2D eigenvalue weighted by atomic mass is 10.1. The van der Waals surface area contributed by atoms with E-state index in [2.05, 4.69) is 51.9 Å². The van der Waals surface area contributed by atoms with Crippen molar-refractivity contribution in [1.82, 2.24) is 20.5 Å². The molecule has 0 saturated carbocycles. The van der Waals surface area contributed by atoms with E-state index in [0.717, 1.165) is 24.2 Å². The number of nitrogens with one attached hydrogen (secondary N) is 3. The summed E-state index contributed by atoms with van der Waals surface area (Å²) in [5, 5.41) is 7.77. The molecular weight excluding hydrogens is 402 g/mol. The number of carbonyl (C=O) groups excluding carboxylic acids is 1. The van der Waals surface area contributed by atoms with Crippen molar-refractivity contribution < 1.29 is 9.53 Å². The van der Waals surface area contributed by atoms with E-state index in [1.165, 1.54) is 22.0 Å². The Bertz CT molecular complexity index is 1050. The minimum atomic E-state index is -0.00679. The predicted molar refractivity (Wildman–Crippen MR) is 130 cm³/mol. The number of nitrogens with zero attached hydrogens (tertiary/aromatic N) is 2. The number of benzene rings is 2. The zero-order chi connectivity index (χ0) is 22.9. The molecule has 0 aliphatic carbocycles. The van der Waals surface area contributed by atoms with Crippen LogP contribution in [0, 0.1) is 0 Å². The zero-order valence-corrected chi connectivity index (χ0v) is 19.4. The number of ether oxygens (including phenoxy) is 1. The molecule has 0 radical (unpaired) electrons. The Morgan fingerprint density at radius 3 is 2.56 bits per heavy atom. The van der Waals surface area contributed by atoms with Gasteiger partial charge in [-0.3, -0.25) is 4.79 Å². The quantitative estimate of drug-likeness (QED) is 0.356. The third-order valence-electron chi connectivity index (χ3n) is 5.44. The number of aliphatic imine (C=N–C) groups is 1. The molecule has 0 saturated heterocycles. The fourth-order valence-corrected chi connectivity index (χ4v) is 3.49. The molecule has 3 N–H and O–H groups in total. The van der Waals surface area contributed by atoms with Crippen molar-refractivity contribution in [3.8, 4) is 5.75 Å². The molecule has 0 spiro atoms. The van der Waals surface area contributed by atoms with Crippen LogP contribution in [0.25, 0.3) is 10.9 Å². The number of para-hydroxylation sites is 1. The number of aromatic amines is 1. The first-order chi connectivity index (χ1) is 15.5. The minimum absolute atomic E-state index is 0.00679. The molecule has 3 aromatic rings. The van der Waals surface area contributed by atoms with Crippen molar-refractivity contribution in [2.45, 2.75) is 26.3 Å². The lowest BCUT2D eigenvalue weighted by Crippen LogP contribution is -2.43. The number of H-pyrrole nitrogens is 1. The summed E-state index contributed by atoms with van der Waals surface area (Å²) >= 11 is 0. The Balaban J connectivity index is 1.65. The molecule has 170 valence electrons. The van der Waals surface area contributed by atoms with Crippen LogP contribution >= 0.6 is 0 Å². The third-order valence-corrected chi connectivity index (χ3v) is 5.44. The standard InChI is InChI=1S/C25H33N5O2/c1-5-19-7-6-8-22-20(16-27-24(19)22)13-14-26-25(29-17-23(31)30(2)3)28-15-18-9-11-21(32-4)12-10-18/h6-12,16,27H,5,13-15,17H2,1-4H3,(H2,26,28,29). The Kier molecular flexibility index (Phi) is 8.14. The number of rotatable bonds is 9. The summed E-state index contributed by atoms with van der Waals surface area (Å²) in [6.07, 6.45) is 3.93. The van der Waals surface area contributed by atoms with Crippen LogP contribution < -0.4 is 15.4 Å². The lowest BCUT2D eigenvalue weighted by molar-refractivity contribution is -0.127. The predicted octanol–water partition coefficient (Wildman–Crippen LogP) is 3.11. The number of methoxy groups -OCH3 is 1. The van der Waals surface area contributed by atoms with Gasteiger partial charge < -0.3 is 25.3 Å². The van der Waals surface area contributed by atoms with Crippen molar-refractivity contribution in [1.29, 1.82) is 0 Å². The molecule has 0 unspecified atom stereocenters. The molecule has 0 fully saturated rings. The average Bonchev–Trinajstić information content (AvgIpc) is 3.23. The first-order valence-corrected chi connectivity index (χ1v) is 10.9. The van der Waals surface area contributed by atoms with E-state index in [-0.39, 0.29) is 12.5 Å². The van der Waals surface area contributed by atoms with Gasteiger partial charge in [0.2, 0.25) is 5.91 Å². The average molecular weight is 436 g/mol. The molecule has 0 atom stereocenters. The molecule has 1 heterocycles. The first kappa shape index (κ1) is 23.2. The zero-order valence-electron chi connectivity index (χ0n) is 19.4. The Morgan fingerprint density at radius 1 is 1.09 bits per heavy atom. The first-order valence-electron chi connectivity index (χ1n) is 10.9. The van der Waals surface area contributed by atoms with E-state index in [1.54, 1.807) is 26.1 Å². The minimum Gasteiger partial charge on any atom is -0.497 e. The van der Waals surface area contributed by atoms with Crippen molar-refractivity contribution in [3.05, 3.63) is 65.4 Å². The highest BCUT2D eigenvalue weighted by molar-refractivity contribution is 5.87. The van der Waals surface area contributed by atoms with Gasteiger partial charge >= 0.3 is 0 Å². The molecule has 7 nitrogen and oxygen atoms in total. The molecular formula is C25H33N5O2. The maximum Gasteiger partial charge on any atom is 0.241 e. The number of guanidine groups is 1. The summed E-state index contributed by atoms with van der Waals surface area (Å²) in [4.78, 5) is 21.7. The van der Waals surface area contributed by atoms with Crippen LogP contribution in [-0.4, -0.2) is 56.0 Å². The maximum absolute atomic E-state index is 12.0. The van der Waals surface area contributed by atoms with Crippen molar-refractivity contribution >= 4 is 22.8 Å². The van der Waals surface area contributed by atoms with Crippen LogP contribution in [0.4, 0.5) is 0 Å². The molecule has 1 amide bonds. The Hall–Kier alpha value is -3.48. The van der Waals surface area contributed by atoms with Gasteiger partial charge in [0.15, 0.2) is 5.96 Å². The second-order valence-corrected chi connectivity index (χ2v) is 7.84. The molecule has 7 heteroatoms. The fraction of sp³-hybridized carbons (Fsp3) is 0.360. The number of amides is 1. The number of hydrogen-bond acceptors (Lipinski definition) is 3. The highest BCUT2D eigenvalue weighted by Crippen LogP contribution is 2.22. The molecule has 0 aliphatic rings. The largest absolute Gasteiger partial charge is 0.497 e. The molecule has 32 heavy (non-hydrogen) atoms. The van der Waals surface area contributed by atoms with E-state index in [0.29, 0.717) is 19.0 Å². The summed E-state index contributed by atoms with van der Waals surface area (Å²) in [7, 11) is 5.14. The smallest absolute Gasteiger partial charge is 0.241 e.